The quantitative estimate of drug-likeness (QED) is 0.568. The van der Waals surface area contributed by atoms with Crippen LogP contribution in [0.4, 0.5) is 0 Å². The van der Waals surface area contributed by atoms with E-state index in [-0.39, 0.29) is 18.0 Å². The SMILES string of the molecule is CC(=O)C(C)C1OCCO1. The van der Waals surface area contributed by atoms with Gasteiger partial charge in [0.15, 0.2) is 6.29 Å². The van der Waals surface area contributed by atoms with Gasteiger partial charge >= 0.3 is 0 Å². The molecule has 0 aromatic carbocycles. The lowest BCUT2D eigenvalue weighted by Crippen LogP contribution is -2.24. The fourth-order valence-corrected chi connectivity index (χ4v) is 0.857. The summed E-state index contributed by atoms with van der Waals surface area (Å²) in [6, 6.07) is 0. The maximum absolute atomic E-state index is 10.8. The molecule has 1 rings (SSSR count). The Bertz CT molecular complexity index is 127. The maximum atomic E-state index is 10.8. The molecule has 1 saturated heterocycles. The minimum absolute atomic E-state index is 0.118. The summed E-state index contributed by atoms with van der Waals surface area (Å²) in [5.74, 6) is -0.00519. The number of ether oxygens (including phenoxy) is 2. The molecule has 0 amide bonds. The van der Waals surface area contributed by atoms with E-state index < -0.39 is 0 Å². The van der Waals surface area contributed by atoms with Crippen LogP contribution in [0.25, 0.3) is 0 Å². The maximum Gasteiger partial charge on any atom is 0.167 e. The summed E-state index contributed by atoms with van der Waals surface area (Å²) in [4.78, 5) is 10.8. The predicted molar refractivity (Wildman–Crippen MR) is 35.5 cm³/mol. The van der Waals surface area contributed by atoms with Gasteiger partial charge in [-0.25, -0.2) is 0 Å². The molecule has 0 aromatic rings. The third-order valence-electron chi connectivity index (χ3n) is 1.70. The van der Waals surface area contributed by atoms with Crippen molar-refractivity contribution in [2.75, 3.05) is 13.2 Å². The van der Waals surface area contributed by atoms with Crippen molar-refractivity contribution >= 4 is 5.78 Å². The van der Waals surface area contributed by atoms with E-state index in [0.29, 0.717) is 13.2 Å². The van der Waals surface area contributed by atoms with E-state index in [1.807, 2.05) is 6.92 Å². The van der Waals surface area contributed by atoms with Crippen LogP contribution in [0.3, 0.4) is 0 Å². The summed E-state index contributed by atoms with van der Waals surface area (Å²) in [7, 11) is 0. The van der Waals surface area contributed by atoms with Crippen molar-refractivity contribution in [2.45, 2.75) is 20.1 Å². The molecule has 1 heterocycles. The summed E-state index contributed by atoms with van der Waals surface area (Å²) < 4.78 is 10.3. The summed E-state index contributed by atoms with van der Waals surface area (Å²) in [6.07, 6.45) is -0.294. The van der Waals surface area contributed by atoms with Crippen LogP contribution in [0.5, 0.6) is 0 Å². The Kier molecular flexibility index (Phi) is 2.40. The molecular weight excluding hydrogens is 132 g/mol. The highest BCUT2D eigenvalue weighted by Gasteiger charge is 2.25. The smallest absolute Gasteiger partial charge is 0.167 e. The Balaban J connectivity index is 2.39. The van der Waals surface area contributed by atoms with Gasteiger partial charge in [-0.2, -0.15) is 0 Å². The van der Waals surface area contributed by atoms with Crippen LogP contribution in [-0.2, 0) is 14.3 Å². The number of hydrogen-bond acceptors (Lipinski definition) is 3. The molecule has 1 atom stereocenters. The molecule has 0 spiro atoms. The molecule has 0 aliphatic carbocycles. The van der Waals surface area contributed by atoms with Gasteiger partial charge in [-0.15, -0.1) is 0 Å². The number of carbonyl (C=O) groups excluding carboxylic acids is 1. The second-order valence-corrected chi connectivity index (χ2v) is 2.51. The zero-order valence-electron chi connectivity index (χ0n) is 6.29. The molecule has 0 saturated carbocycles. The number of carbonyl (C=O) groups is 1. The molecule has 1 unspecified atom stereocenters. The molecule has 1 aliphatic rings. The van der Waals surface area contributed by atoms with Gasteiger partial charge in [-0.3, -0.25) is 4.79 Å². The first-order chi connectivity index (χ1) is 4.72. The van der Waals surface area contributed by atoms with Crippen molar-refractivity contribution < 1.29 is 14.3 Å². The van der Waals surface area contributed by atoms with Crippen molar-refractivity contribution in [1.82, 2.24) is 0 Å². The van der Waals surface area contributed by atoms with Crippen LogP contribution >= 0.6 is 0 Å². The third kappa shape index (κ3) is 1.55. The Morgan fingerprint density at radius 3 is 2.40 bits per heavy atom. The van der Waals surface area contributed by atoms with E-state index in [9.17, 15) is 4.79 Å². The average Bonchev–Trinajstić information content (AvgIpc) is 2.36. The fraction of sp³-hybridized carbons (Fsp3) is 0.857. The monoisotopic (exact) mass is 144 g/mol. The molecule has 1 aliphatic heterocycles. The first-order valence-electron chi connectivity index (χ1n) is 3.45. The Morgan fingerprint density at radius 1 is 1.50 bits per heavy atom. The number of rotatable bonds is 2. The molecule has 3 heteroatoms. The van der Waals surface area contributed by atoms with E-state index in [0.717, 1.165) is 0 Å². The van der Waals surface area contributed by atoms with Crippen LogP contribution in [0.1, 0.15) is 13.8 Å². The van der Waals surface area contributed by atoms with Gasteiger partial charge < -0.3 is 9.47 Å². The average molecular weight is 144 g/mol. The van der Waals surface area contributed by atoms with Gasteiger partial charge in [0.1, 0.15) is 5.78 Å². The van der Waals surface area contributed by atoms with E-state index in [2.05, 4.69) is 0 Å². The van der Waals surface area contributed by atoms with Crippen molar-refractivity contribution in [3.8, 4) is 0 Å². The van der Waals surface area contributed by atoms with Crippen molar-refractivity contribution in [3.63, 3.8) is 0 Å². The zero-order valence-corrected chi connectivity index (χ0v) is 6.29. The van der Waals surface area contributed by atoms with Crippen LogP contribution in [0, 0.1) is 5.92 Å². The molecule has 0 bridgehead atoms. The molecule has 0 radical (unpaired) electrons. The zero-order chi connectivity index (χ0) is 7.56. The molecule has 0 N–H and O–H groups in total. The van der Waals surface area contributed by atoms with Crippen LogP contribution in [0.2, 0.25) is 0 Å². The minimum atomic E-state index is -0.294. The van der Waals surface area contributed by atoms with Crippen LogP contribution in [0.15, 0.2) is 0 Å². The number of ketones is 1. The highest BCUT2D eigenvalue weighted by Crippen LogP contribution is 2.14. The summed E-state index contributed by atoms with van der Waals surface area (Å²) in [5.41, 5.74) is 0. The van der Waals surface area contributed by atoms with E-state index in [1.54, 1.807) is 6.92 Å². The second kappa shape index (κ2) is 3.12. The Hall–Kier alpha value is -0.410. The number of hydrogen-bond donors (Lipinski definition) is 0. The molecule has 3 nitrogen and oxygen atoms in total. The lowest BCUT2D eigenvalue weighted by Gasteiger charge is -2.13. The first-order valence-corrected chi connectivity index (χ1v) is 3.45. The Morgan fingerprint density at radius 2 is 2.00 bits per heavy atom. The standard InChI is InChI=1S/C7H12O3/c1-5(6(2)8)7-9-3-4-10-7/h5,7H,3-4H2,1-2H3. The van der Waals surface area contributed by atoms with E-state index >= 15 is 0 Å². The molecule has 58 valence electrons. The van der Waals surface area contributed by atoms with E-state index in [1.165, 1.54) is 0 Å². The van der Waals surface area contributed by atoms with Crippen LogP contribution < -0.4 is 0 Å². The third-order valence-corrected chi connectivity index (χ3v) is 1.70. The largest absolute Gasteiger partial charge is 0.350 e. The van der Waals surface area contributed by atoms with Gasteiger partial charge in [-0.1, -0.05) is 6.92 Å². The topological polar surface area (TPSA) is 35.5 Å². The van der Waals surface area contributed by atoms with Gasteiger partial charge in [0.05, 0.1) is 19.1 Å². The van der Waals surface area contributed by atoms with Crippen molar-refractivity contribution in [1.29, 1.82) is 0 Å². The lowest BCUT2D eigenvalue weighted by molar-refractivity contribution is -0.135. The highest BCUT2D eigenvalue weighted by atomic mass is 16.7. The van der Waals surface area contributed by atoms with Crippen molar-refractivity contribution in [3.05, 3.63) is 0 Å². The Labute approximate surface area is 60.3 Å². The lowest BCUT2D eigenvalue weighted by atomic mass is 10.1. The van der Waals surface area contributed by atoms with Gasteiger partial charge in [-0.05, 0) is 6.92 Å². The van der Waals surface area contributed by atoms with Gasteiger partial charge in [0.25, 0.3) is 0 Å². The van der Waals surface area contributed by atoms with Crippen molar-refractivity contribution in [2.24, 2.45) is 5.92 Å². The summed E-state index contributed by atoms with van der Waals surface area (Å²) in [5, 5.41) is 0. The minimum Gasteiger partial charge on any atom is -0.350 e. The number of Topliss-reactive ketones (excluding diaryl/α,β-unsaturated/α-hetero) is 1. The molecule has 1 fully saturated rings. The van der Waals surface area contributed by atoms with Gasteiger partial charge in [0, 0.05) is 0 Å². The summed E-state index contributed by atoms with van der Waals surface area (Å²) >= 11 is 0. The fourth-order valence-electron chi connectivity index (χ4n) is 0.857. The predicted octanol–water partition coefficient (Wildman–Crippen LogP) is 0.584. The van der Waals surface area contributed by atoms with Gasteiger partial charge in [0.2, 0.25) is 0 Å². The second-order valence-electron chi connectivity index (χ2n) is 2.51. The molecular formula is C7H12O3. The summed E-state index contributed by atoms with van der Waals surface area (Å²) in [6.45, 7) is 4.60. The first kappa shape index (κ1) is 7.69. The highest BCUT2D eigenvalue weighted by molar-refractivity contribution is 5.78. The van der Waals surface area contributed by atoms with Crippen LogP contribution in [-0.4, -0.2) is 25.3 Å². The molecule has 0 aromatic heterocycles. The normalized spacial score (nSPS) is 23.0. The molecule has 10 heavy (non-hydrogen) atoms. The van der Waals surface area contributed by atoms with E-state index in [4.69, 9.17) is 9.47 Å².